The summed E-state index contributed by atoms with van der Waals surface area (Å²) in [5.41, 5.74) is 3.76. The first-order valence-corrected chi connectivity index (χ1v) is 15.1. The molecule has 1 atom stereocenters. The van der Waals surface area contributed by atoms with Gasteiger partial charge in [-0.25, -0.2) is 0 Å². The Kier molecular flexibility index (Phi) is 6.85. The molecule has 37 heavy (non-hydrogen) atoms. The molecule has 0 saturated carbocycles. The van der Waals surface area contributed by atoms with Gasteiger partial charge in [-0.2, -0.15) is 0 Å². The van der Waals surface area contributed by atoms with E-state index in [2.05, 4.69) is 42.5 Å². The van der Waals surface area contributed by atoms with Crippen molar-refractivity contribution in [3.8, 4) is 0 Å². The van der Waals surface area contributed by atoms with Crippen LogP contribution >= 0.6 is 23.5 Å². The van der Waals surface area contributed by atoms with Crippen LogP contribution in [0.4, 0.5) is 5.69 Å². The van der Waals surface area contributed by atoms with Crippen molar-refractivity contribution in [1.29, 1.82) is 0 Å². The standard InChI is InChI=1S/C32H23NOS3/c34-37(30-23-13-12-22-29(30)35-25-16-6-2-7-17-25)32(36-26-18-8-3-9-19-26)31(24-14-4-1-5-15-24)27-20-10-11-21-28(27)33-37/h1-23H. The predicted molar refractivity (Wildman–Crippen MR) is 157 cm³/mol. The van der Waals surface area contributed by atoms with Crippen LogP contribution in [0, 0.1) is 0 Å². The van der Waals surface area contributed by atoms with Gasteiger partial charge < -0.3 is 4.55 Å². The number of hydrogen-bond acceptors (Lipinski definition) is 4. The molecular weight excluding hydrogens is 511 g/mol. The molecule has 1 heterocycles. The van der Waals surface area contributed by atoms with Gasteiger partial charge in [-0.1, -0.05) is 113 Å². The van der Waals surface area contributed by atoms with Crippen molar-refractivity contribution in [3.05, 3.63) is 155 Å². The largest absolute Gasteiger partial charge is 0.621 e. The Morgan fingerprint density at radius 1 is 0.541 bits per heavy atom. The first kappa shape index (κ1) is 24.0. The molecule has 6 rings (SSSR count). The third kappa shape index (κ3) is 4.83. The van der Waals surface area contributed by atoms with E-state index in [1.54, 1.807) is 23.5 Å². The van der Waals surface area contributed by atoms with E-state index in [1.807, 2.05) is 97.1 Å². The SMILES string of the molecule is [O-][S+]1(c2ccccc2Sc2ccccc2)=Nc2ccccc2C(c2ccccc2)=C1Sc1ccccc1. The molecule has 1 aliphatic rings. The van der Waals surface area contributed by atoms with Gasteiger partial charge in [0.2, 0.25) is 0 Å². The van der Waals surface area contributed by atoms with Crippen LogP contribution in [0.5, 0.6) is 0 Å². The number of hydrogen-bond donors (Lipinski definition) is 0. The van der Waals surface area contributed by atoms with Crippen LogP contribution in [-0.2, 0) is 10.1 Å². The summed E-state index contributed by atoms with van der Waals surface area (Å²) < 4.78 is 21.2. The lowest BCUT2D eigenvalue weighted by Crippen LogP contribution is -2.18. The molecule has 0 amide bonds. The highest BCUT2D eigenvalue weighted by atomic mass is 32.3. The van der Waals surface area contributed by atoms with E-state index in [0.29, 0.717) is 0 Å². The van der Waals surface area contributed by atoms with E-state index in [0.717, 1.165) is 46.2 Å². The van der Waals surface area contributed by atoms with Crippen molar-refractivity contribution in [2.24, 2.45) is 4.36 Å². The third-order valence-electron chi connectivity index (χ3n) is 5.99. The molecule has 0 radical (unpaired) electrons. The summed E-state index contributed by atoms with van der Waals surface area (Å²) in [4.78, 5) is 3.81. The number of rotatable bonds is 6. The molecule has 5 heteroatoms. The molecule has 0 saturated heterocycles. The Morgan fingerprint density at radius 2 is 1.08 bits per heavy atom. The second-order valence-corrected chi connectivity index (χ2v) is 13.0. The summed E-state index contributed by atoms with van der Waals surface area (Å²) in [6, 6.07) is 46.6. The van der Waals surface area contributed by atoms with Crippen LogP contribution in [0.2, 0.25) is 0 Å². The van der Waals surface area contributed by atoms with Gasteiger partial charge in [-0.05, 0) is 59.8 Å². The van der Waals surface area contributed by atoms with Gasteiger partial charge in [0, 0.05) is 25.5 Å². The molecule has 0 fully saturated rings. The van der Waals surface area contributed by atoms with Gasteiger partial charge in [0.05, 0.1) is 10.5 Å². The molecular formula is C32H23NOS3. The van der Waals surface area contributed by atoms with Crippen LogP contribution in [0.1, 0.15) is 11.1 Å². The maximum Gasteiger partial charge on any atom is 0.188 e. The molecule has 5 aromatic rings. The lowest BCUT2D eigenvalue weighted by atomic mass is 9.98. The second-order valence-electron chi connectivity index (χ2n) is 8.44. The fourth-order valence-electron chi connectivity index (χ4n) is 4.30. The van der Waals surface area contributed by atoms with Gasteiger partial charge in [-0.3, -0.25) is 0 Å². The Balaban J connectivity index is 1.64. The smallest absolute Gasteiger partial charge is 0.188 e. The summed E-state index contributed by atoms with van der Waals surface area (Å²) in [5.74, 6) is 0. The highest BCUT2D eigenvalue weighted by Crippen LogP contribution is 2.53. The van der Waals surface area contributed by atoms with Crippen LogP contribution in [-0.4, -0.2) is 4.55 Å². The highest BCUT2D eigenvalue weighted by Gasteiger charge is 2.37. The topological polar surface area (TPSA) is 35.4 Å². The first-order chi connectivity index (χ1) is 18.2. The van der Waals surface area contributed by atoms with Crippen molar-refractivity contribution in [1.82, 2.24) is 0 Å². The maximum atomic E-state index is 15.4. The summed E-state index contributed by atoms with van der Waals surface area (Å²) in [6.07, 6.45) is 0. The average molecular weight is 534 g/mol. The molecule has 180 valence electrons. The molecule has 5 aromatic carbocycles. The highest BCUT2D eigenvalue weighted by molar-refractivity contribution is 8.22. The summed E-state index contributed by atoms with van der Waals surface area (Å²) in [5, 5.41) is 0. The monoisotopic (exact) mass is 533 g/mol. The molecule has 0 spiro atoms. The zero-order valence-electron chi connectivity index (χ0n) is 19.9. The average Bonchev–Trinajstić information content (AvgIpc) is 2.95. The van der Waals surface area contributed by atoms with Crippen molar-refractivity contribution >= 4 is 44.9 Å². The summed E-state index contributed by atoms with van der Waals surface area (Å²) in [6.45, 7) is 0. The normalized spacial score (nSPS) is 16.7. The minimum Gasteiger partial charge on any atom is -0.621 e. The second kappa shape index (κ2) is 10.6. The predicted octanol–water partition coefficient (Wildman–Crippen LogP) is 9.52. The van der Waals surface area contributed by atoms with Gasteiger partial charge in [0.25, 0.3) is 0 Å². The number of benzene rings is 5. The van der Waals surface area contributed by atoms with Crippen molar-refractivity contribution in [2.45, 2.75) is 19.6 Å². The van der Waals surface area contributed by atoms with E-state index >= 15 is 4.55 Å². The van der Waals surface area contributed by atoms with Crippen molar-refractivity contribution in [2.75, 3.05) is 0 Å². The molecule has 0 aliphatic carbocycles. The minimum absolute atomic E-state index is 0.741. The summed E-state index contributed by atoms with van der Waals surface area (Å²) in [7, 11) is -3.02. The van der Waals surface area contributed by atoms with Crippen molar-refractivity contribution in [3.63, 3.8) is 0 Å². The molecule has 0 N–H and O–H groups in total. The third-order valence-corrected chi connectivity index (χ3v) is 11.1. The van der Waals surface area contributed by atoms with E-state index < -0.39 is 10.1 Å². The zero-order valence-corrected chi connectivity index (χ0v) is 22.3. The lowest BCUT2D eigenvalue weighted by Gasteiger charge is -2.31. The van der Waals surface area contributed by atoms with Gasteiger partial charge in [-0.15, -0.1) is 0 Å². The maximum absolute atomic E-state index is 15.4. The van der Waals surface area contributed by atoms with E-state index in [9.17, 15) is 0 Å². The Labute approximate surface area is 227 Å². The quantitative estimate of drug-likeness (QED) is 0.204. The van der Waals surface area contributed by atoms with Gasteiger partial charge in [0.15, 0.2) is 9.13 Å². The minimum atomic E-state index is -3.02. The summed E-state index contributed by atoms with van der Waals surface area (Å²) >= 11 is 3.17. The Bertz CT molecular complexity index is 1630. The van der Waals surface area contributed by atoms with E-state index in [4.69, 9.17) is 4.36 Å². The first-order valence-electron chi connectivity index (χ1n) is 11.9. The van der Waals surface area contributed by atoms with Gasteiger partial charge in [0.1, 0.15) is 5.69 Å². The van der Waals surface area contributed by atoms with Crippen LogP contribution in [0.3, 0.4) is 0 Å². The fraction of sp³-hybridized carbons (Fsp3) is 0. The molecule has 0 aromatic heterocycles. The molecule has 1 aliphatic heterocycles. The molecule has 0 bridgehead atoms. The van der Waals surface area contributed by atoms with Crippen LogP contribution in [0.15, 0.2) is 168 Å². The number of nitrogens with zero attached hydrogens (tertiary/aromatic N) is 1. The Morgan fingerprint density at radius 3 is 1.78 bits per heavy atom. The zero-order chi connectivity index (χ0) is 25.1. The molecule has 2 nitrogen and oxygen atoms in total. The van der Waals surface area contributed by atoms with E-state index in [1.165, 1.54) is 0 Å². The van der Waals surface area contributed by atoms with Crippen molar-refractivity contribution < 1.29 is 4.55 Å². The lowest BCUT2D eigenvalue weighted by molar-refractivity contribution is 0.590. The van der Waals surface area contributed by atoms with Crippen LogP contribution < -0.4 is 0 Å². The van der Waals surface area contributed by atoms with Crippen LogP contribution in [0.25, 0.3) is 5.57 Å². The molecule has 1 unspecified atom stereocenters. The number of fused-ring (bicyclic) bond motifs is 1. The number of thioether (sulfide) groups is 1. The fourth-order valence-corrected chi connectivity index (χ4v) is 9.51. The van der Waals surface area contributed by atoms with Gasteiger partial charge >= 0.3 is 0 Å². The Hall–Kier alpha value is -3.35. The van der Waals surface area contributed by atoms with E-state index in [-0.39, 0.29) is 0 Å².